The summed E-state index contributed by atoms with van der Waals surface area (Å²) >= 11 is 0. The van der Waals surface area contributed by atoms with Gasteiger partial charge in [0.15, 0.2) is 6.61 Å². The van der Waals surface area contributed by atoms with Crippen molar-refractivity contribution in [3.8, 4) is 5.75 Å². The first kappa shape index (κ1) is 16.6. The van der Waals surface area contributed by atoms with E-state index in [1.165, 1.54) is 0 Å². The molecule has 0 radical (unpaired) electrons. The van der Waals surface area contributed by atoms with E-state index in [4.69, 9.17) is 13.9 Å². The predicted octanol–water partition coefficient (Wildman–Crippen LogP) is 3.17. The predicted molar refractivity (Wildman–Crippen MR) is 89.8 cm³/mol. The van der Waals surface area contributed by atoms with Crippen molar-refractivity contribution in [2.75, 3.05) is 19.8 Å². The molecule has 1 aliphatic rings. The number of ether oxygens (including phenoxy) is 2. The van der Waals surface area contributed by atoms with E-state index in [0.717, 1.165) is 29.9 Å². The van der Waals surface area contributed by atoms with Crippen LogP contribution in [-0.2, 0) is 16.1 Å². The molecule has 3 rings (SSSR count). The van der Waals surface area contributed by atoms with Crippen LogP contribution in [0.3, 0.4) is 0 Å². The quantitative estimate of drug-likeness (QED) is 0.817. The molecule has 24 heavy (non-hydrogen) atoms. The Morgan fingerprint density at radius 2 is 2.00 bits per heavy atom. The minimum Gasteiger partial charge on any atom is -0.484 e. The molecule has 0 aliphatic carbocycles. The first-order valence-electron chi connectivity index (χ1n) is 8.32. The lowest BCUT2D eigenvalue weighted by atomic mass is 10.1. The number of carbonyl (C=O) groups excluding carboxylic acids is 1. The summed E-state index contributed by atoms with van der Waals surface area (Å²) in [5, 5.41) is 0. The van der Waals surface area contributed by atoms with Crippen molar-refractivity contribution in [1.82, 2.24) is 4.90 Å². The Morgan fingerprint density at radius 1 is 1.21 bits per heavy atom. The number of amides is 1. The Hall–Kier alpha value is -2.27. The fraction of sp³-hybridized carbons (Fsp3) is 0.421. The highest BCUT2D eigenvalue weighted by Gasteiger charge is 2.27. The van der Waals surface area contributed by atoms with Crippen molar-refractivity contribution in [3.05, 3.63) is 54.0 Å². The Labute approximate surface area is 142 Å². The van der Waals surface area contributed by atoms with Crippen LogP contribution in [0.4, 0.5) is 0 Å². The number of benzene rings is 1. The molecular weight excluding hydrogens is 306 g/mol. The van der Waals surface area contributed by atoms with Gasteiger partial charge in [-0.15, -0.1) is 0 Å². The molecular formula is C19H23NO4. The van der Waals surface area contributed by atoms with Gasteiger partial charge in [0.25, 0.3) is 5.91 Å². The molecule has 5 nitrogen and oxygen atoms in total. The van der Waals surface area contributed by atoms with Crippen LogP contribution in [0.1, 0.15) is 24.2 Å². The number of hydrogen-bond donors (Lipinski definition) is 0. The number of furan rings is 1. The number of aryl methyl sites for hydroxylation is 1. The zero-order valence-electron chi connectivity index (χ0n) is 13.9. The maximum Gasteiger partial charge on any atom is 0.261 e. The number of para-hydroxylation sites is 1. The third kappa shape index (κ3) is 4.17. The van der Waals surface area contributed by atoms with Crippen molar-refractivity contribution < 1.29 is 18.7 Å². The van der Waals surface area contributed by atoms with Crippen molar-refractivity contribution in [3.63, 3.8) is 0 Å². The van der Waals surface area contributed by atoms with Gasteiger partial charge in [0, 0.05) is 19.3 Å². The van der Waals surface area contributed by atoms with Gasteiger partial charge in [0.2, 0.25) is 0 Å². The number of rotatable bonds is 6. The Balaban J connectivity index is 1.66. The molecule has 128 valence electrons. The highest BCUT2D eigenvalue weighted by molar-refractivity contribution is 5.78. The molecule has 0 unspecified atom stereocenters. The standard InChI is InChI=1S/C19H23NO4/c1-15-5-2-3-7-18(15)24-14-19(21)20(13-17-6-4-10-23-17)16-8-11-22-12-9-16/h2-7,10,16H,8-9,11-14H2,1H3. The van der Waals surface area contributed by atoms with E-state index < -0.39 is 0 Å². The average Bonchev–Trinajstić information content (AvgIpc) is 3.13. The summed E-state index contributed by atoms with van der Waals surface area (Å²) in [5.74, 6) is 1.50. The highest BCUT2D eigenvalue weighted by Crippen LogP contribution is 2.20. The average molecular weight is 329 g/mol. The molecule has 2 heterocycles. The van der Waals surface area contributed by atoms with Gasteiger partial charge < -0.3 is 18.8 Å². The van der Waals surface area contributed by atoms with Crippen LogP contribution in [0, 0.1) is 6.92 Å². The van der Waals surface area contributed by atoms with Gasteiger partial charge in [-0.3, -0.25) is 4.79 Å². The SMILES string of the molecule is Cc1ccccc1OCC(=O)N(Cc1ccco1)C1CCOCC1. The number of hydrogen-bond acceptors (Lipinski definition) is 4. The first-order valence-corrected chi connectivity index (χ1v) is 8.32. The van der Waals surface area contributed by atoms with E-state index >= 15 is 0 Å². The molecule has 1 amide bonds. The molecule has 1 aromatic carbocycles. The molecule has 2 aromatic rings. The zero-order chi connectivity index (χ0) is 16.8. The molecule has 0 saturated carbocycles. The van der Waals surface area contributed by atoms with Gasteiger partial charge in [0.05, 0.1) is 12.8 Å². The summed E-state index contributed by atoms with van der Waals surface area (Å²) in [4.78, 5) is 14.6. The van der Waals surface area contributed by atoms with Crippen molar-refractivity contribution >= 4 is 5.91 Å². The minimum atomic E-state index is -0.0263. The molecule has 0 N–H and O–H groups in total. The van der Waals surface area contributed by atoms with Crippen LogP contribution in [-0.4, -0.2) is 36.7 Å². The van der Waals surface area contributed by atoms with Crippen molar-refractivity contribution in [1.29, 1.82) is 0 Å². The fourth-order valence-corrected chi connectivity index (χ4v) is 2.93. The third-order valence-electron chi connectivity index (χ3n) is 4.30. The number of nitrogens with zero attached hydrogens (tertiary/aromatic N) is 1. The summed E-state index contributed by atoms with van der Waals surface area (Å²) in [5.41, 5.74) is 1.02. The molecule has 1 fully saturated rings. The molecule has 0 spiro atoms. The van der Waals surface area contributed by atoms with Gasteiger partial charge in [-0.2, -0.15) is 0 Å². The van der Waals surface area contributed by atoms with Crippen molar-refractivity contribution in [2.24, 2.45) is 0 Å². The Kier molecular flexibility index (Phi) is 5.54. The van der Waals surface area contributed by atoms with Gasteiger partial charge >= 0.3 is 0 Å². The second kappa shape index (κ2) is 8.02. The third-order valence-corrected chi connectivity index (χ3v) is 4.30. The molecule has 1 aliphatic heterocycles. The van der Waals surface area contributed by atoms with E-state index in [1.807, 2.05) is 48.2 Å². The number of carbonyl (C=O) groups is 1. The fourth-order valence-electron chi connectivity index (χ4n) is 2.93. The Morgan fingerprint density at radius 3 is 2.71 bits per heavy atom. The van der Waals surface area contributed by atoms with E-state index in [-0.39, 0.29) is 18.6 Å². The van der Waals surface area contributed by atoms with Crippen LogP contribution in [0.25, 0.3) is 0 Å². The monoisotopic (exact) mass is 329 g/mol. The molecule has 0 atom stereocenters. The minimum absolute atomic E-state index is 0.0263. The maximum atomic E-state index is 12.8. The normalized spacial score (nSPS) is 15.2. The first-order chi connectivity index (χ1) is 11.7. The lowest BCUT2D eigenvalue weighted by Gasteiger charge is -2.33. The summed E-state index contributed by atoms with van der Waals surface area (Å²) in [7, 11) is 0. The Bertz CT molecular complexity index is 647. The van der Waals surface area contributed by atoms with Gasteiger partial charge in [0.1, 0.15) is 11.5 Å². The maximum absolute atomic E-state index is 12.8. The van der Waals surface area contributed by atoms with Gasteiger partial charge in [-0.05, 0) is 43.5 Å². The van der Waals surface area contributed by atoms with E-state index in [2.05, 4.69) is 0 Å². The van der Waals surface area contributed by atoms with E-state index in [0.29, 0.717) is 19.8 Å². The smallest absolute Gasteiger partial charge is 0.261 e. The van der Waals surface area contributed by atoms with Crippen molar-refractivity contribution in [2.45, 2.75) is 32.4 Å². The molecule has 1 aromatic heterocycles. The molecule has 1 saturated heterocycles. The van der Waals surface area contributed by atoms with Gasteiger partial charge in [-0.25, -0.2) is 0 Å². The molecule has 5 heteroatoms. The summed E-state index contributed by atoms with van der Waals surface area (Å²) in [6.07, 6.45) is 3.32. The van der Waals surface area contributed by atoms with E-state index in [9.17, 15) is 4.79 Å². The van der Waals surface area contributed by atoms with Gasteiger partial charge in [-0.1, -0.05) is 18.2 Å². The summed E-state index contributed by atoms with van der Waals surface area (Å²) in [6, 6.07) is 11.6. The zero-order valence-corrected chi connectivity index (χ0v) is 13.9. The van der Waals surface area contributed by atoms with Crippen LogP contribution in [0.5, 0.6) is 5.75 Å². The van der Waals surface area contributed by atoms with E-state index in [1.54, 1.807) is 6.26 Å². The topological polar surface area (TPSA) is 51.9 Å². The second-order valence-electron chi connectivity index (χ2n) is 6.00. The van der Waals surface area contributed by atoms with Crippen LogP contribution < -0.4 is 4.74 Å². The highest BCUT2D eigenvalue weighted by atomic mass is 16.5. The summed E-state index contributed by atoms with van der Waals surface area (Å²) in [6.45, 7) is 3.84. The molecule has 0 bridgehead atoms. The van der Waals surface area contributed by atoms with Crippen LogP contribution >= 0.6 is 0 Å². The second-order valence-corrected chi connectivity index (χ2v) is 6.00. The van der Waals surface area contributed by atoms with Crippen LogP contribution in [0.2, 0.25) is 0 Å². The largest absolute Gasteiger partial charge is 0.484 e. The lowest BCUT2D eigenvalue weighted by molar-refractivity contribution is -0.138. The summed E-state index contributed by atoms with van der Waals surface area (Å²) < 4.78 is 16.6. The lowest BCUT2D eigenvalue weighted by Crippen LogP contribution is -2.44. The van der Waals surface area contributed by atoms with Crippen LogP contribution in [0.15, 0.2) is 47.1 Å².